The van der Waals surface area contributed by atoms with Gasteiger partial charge in [-0.25, -0.2) is 19.9 Å². The van der Waals surface area contributed by atoms with Gasteiger partial charge in [0.2, 0.25) is 5.95 Å². The maximum absolute atomic E-state index is 5.20. The molecule has 0 unspecified atom stereocenters. The standard InChI is InChI=1S/C96H60N10/c1-7-24-61(25-8-1)91-97-92(62-26-9-2-10-27-62)99-95(98-91)71-32-23-37-74(54-71)105-87-52-46-67(65-44-50-85-79(55-65)75-38-19-21-40-83(75)103(85)72-33-15-5-16-34-72)58-82(87)78-49-43-70(60-90(78)105)69-42-48-77-81-57-66(45-51-86(81)104(89(77)59-69)73-35-17-6-18-36-73)68-47-53-88-80(56-68)76-39-20-22-41-84(76)106(88)96-101-93(63-28-11-3-12-29-63)100-94(102-96)64-30-13-4-14-31-64/h1-60H. The van der Waals surface area contributed by atoms with Crippen LogP contribution in [0, 0.1) is 0 Å². The van der Waals surface area contributed by atoms with E-state index in [4.69, 9.17) is 29.9 Å². The van der Waals surface area contributed by atoms with Crippen LogP contribution in [0.2, 0.25) is 0 Å². The zero-order valence-electron chi connectivity index (χ0n) is 57.1. The van der Waals surface area contributed by atoms with Gasteiger partial charge in [-0.2, -0.15) is 9.97 Å². The van der Waals surface area contributed by atoms with Gasteiger partial charge in [0.15, 0.2) is 29.1 Å². The summed E-state index contributed by atoms with van der Waals surface area (Å²) < 4.78 is 9.40. The molecule has 0 amide bonds. The van der Waals surface area contributed by atoms with Crippen molar-refractivity contribution in [2.75, 3.05) is 0 Å². The molecule has 21 aromatic rings. The van der Waals surface area contributed by atoms with Gasteiger partial charge in [-0.3, -0.25) is 4.57 Å². The zero-order valence-corrected chi connectivity index (χ0v) is 57.1. The van der Waals surface area contributed by atoms with Crippen molar-refractivity contribution in [1.82, 2.24) is 48.2 Å². The van der Waals surface area contributed by atoms with E-state index in [1.165, 1.54) is 21.8 Å². The molecule has 0 aliphatic heterocycles. The van der Waals surface area contributed by atoms with Gasteiger partial charge in [0, 0.05) is 88.0 Å². The molecule has 10 nitrogen and oxygen atoms in total. The van der Waals surface area contributed by atoms with Crippen LogP contribution in [0.5, 0.6) is 0 Å². The van der Waals surface area contributed by atoms with Crippen LogP contribution in [0.3, 0.4) is 0 Å². The van der Waals surface area contributed by atoms with Crippen LogP contribution in [0.1, 0.15) is 0 Å². The number of benzene rings is 15. The van der Waals surface area contributed by atoms with E-state index >= 15 is 0 Å². The summed E-state index contributed by atoms with van der Waals surface area (Å²) in [7, 11) is 0. The Bertz CT molecular complexity index is 6930. The molecule has 0 bridgehead atoms. The van der Waals surface area contributed by atoms with E-state index in [9.17, 15) is 0 Å². The predicted octanol–water partition coefficient (Wildman–Crippen LogP) is 23.8. The summed E-state index contributed by atoms with van der Waals surface area (Å²) in [4.78, 5) is 30.9. The van der Waals surface area contributed by atoms with Crippen LogP contribution >= 0.6 is 0 Å². The molecule has 106 heavy (non-hydrogen) atoms. The molecule has 0 atom stereocenters. The lowest BCUT2D eigenvalue weighted by Crippen LogP contribution is -2.06. The van der Waals surface area contributed by atoms with Gasteiger partial charge in [-0.1, -0.05) is 255 Å². The summed E-state index contributed by atoms with van der Waals surface area (Å²) in [5.41, 5.74) is 23.2. The minimum Gasteiger partial charge on any atom is -0.309 e. The van der Waals surface area contributed by atoms with Crippen LogP contribution < -0.4 is 0 Å². The molecule has 0 N–H and O–H groups in total. The van der Waals surface area contributed by atoms with Gasteiger partial charge < -0.3 is 13.7 Å². The SMILES string of the molecule is c1ccc(-c2nc(-c3ccccc3)nc(-c3cccc(-n4c5ccc(-c6ccc7c(c6)c6ccccc6n7-c6ccccc6)cc5c5ccc(-c6ccc7c8cc(-c9ccc%10c(c9)c9ccccc9n%10-c9nc(-c%10ccccc%10)nc(-c%10ccccc%10)n9)ccc8n(-c8ccccc8)c7c6)cc54)c3)n2)cc1. The van der Waals surface area contributed by atoms with Crippen molar-refractivity contribution in [3.63, 3.8) is 0 Å². The van der Waals surface area contributed by atoms with Crippen LogP contribution in [-0.2, 0) is 0 Å². The Hall–Kier alpha value is -14.5. The first-order valence-electron chi connectivity index (χ1n) is 35.7. The summed E-state index contributed by atoms with van der Waals surface area (Å²) in [6.45, 7) is 0. The molecule has 6 heterocycles. The van der Waals surface area contributed by atoms with Crippen LogP contribution in [0.15, 0.2) is 364 Å². The van der Waals surface area contributed by atoms with E-state index in [0.29, 0.717) is 35.1 Å². The second-order valence-electron chi connectivity index (χ2n) is 27.0. The molecule has 0 saturated carbocycles. The predicted molar refractivity (Wildman–Crippen MR) is 434 cm³/mol. The van der Waals surface area contributed by atoms with E-state index < -0.39 is 0 Å². The highest BCUT2D eigenvalue weighted by Crippen LogP contribution is 2.44. The Balaban J connectivity index is 0.713. The molecule has 0 saturated heterocycles. The van der Waals surface area contributed by atoms with Gasteiger partial charge in [-0.15, -0.1) is 0 Å². The van der Waals surface area contributed by atoms with E-state index in [1.807, 2.05) is 97.1 Å². The number of nitrogens with zero attached hydrogens (tertiary/aromatic N) is 10. The van der Waals surface area contributed by atoms with Crippen LogP contribution in [-0.4, -0.2) is 48.2 Å². The Kier molecular flexibility index (Phi) is 14.0. The van der Waals surface area contributed by atoms with Crippen molar-refractivity contribution in [2.45, 2.75) is 0 Å². The number of hydrogen-bond acceptors (Lipinski definition) is 6. The summed E-state index contributed by atoms with van der Waals surface area (Å²) >= 11 is 0. The smallest absolute Gasteiger partial charge is 0.238 e. The zero-order chi connectivity index (χ0) is 69.8. The summed E-state index contributed by atoms with van der Waals surface area (Å²) in [5, 5.41) is 9.25. The third kappa shape index (κ3) is 10.1. The minimum atomic E-state index is 0.561. The molecule has 6 aromatic heterocycles. The number of hydrogen-bond donors (Lipinski definition) is 0. The highest BCUT2D eigenvalue weighted by Gasteiger charge is 2.24. The van der Waals surface area contributed by atoms with Gasteiger partial charge in [0.25, 0.3) is 0 Å². The normalized spacial score (nSPS) is 11.8. The van der Waals surface area contributed by atoms with Crippen LogP contribution in [0.25, 0.3) is 201 Å². The molecule has 0 radical (unpaired) electrons. The molecule has 0 aliphatic rings. The number of rotatable bonds is 12. The largest absolute Gasteiger partial charge is 0.309 e. The molecule has 0 aliphatic carbocycles. The molecule has 494 valence electrons. The minimum absolute atomic E-state index is 0.561. The Morgan fingerprint density at radius 1 is 0.142 bits per heavy atom. The van der Waals surface area contributed by atoms with Crippen molar-refractivity contribution < 1.29 is 0 Å². The fraction of sp³-hybridized carbons (Fsp3) is 0. The van der Waals surface area contributed by atoms with Gasteiger partial charge in [0.1, 0.15) is 0 Å². The van der Waals surface area contributed by atoms with E-state index in [1.54, 1.807) is 0 Å². The fourth-order valence-electron chi connectivity index (χ4n) is 15.9. The first kappa shape index (κ1) is 60.3. The van der Waals surface area contributed by atoms with Crippen molar-refractivity contribution in [3.05, 3.63) is 364 Å². The molecule has 10 heteroatoms. The van der Waals surface area contributed by atoms with Crippen molar-refractivity contribution in [3.8, 4) is 113 Å². The summed E-state index contributed by atoms with van der Waals surface area (Å²) in [6, 6.07) is 130. The lowest BCUT2D eigenvalue weighted by Gasteiger charge is -2.12. The average molecular weight is 1350 g/mol. The topological polar surface area (TPSA) is 97.1 Å². The van der Waals surface area contributed by atoms with Crippen molar-refractivity contribution >= 4 is 87.2 Å². The third-order valence-electron chi connectivity index (χ3n) is 20.9. The van der Waals surface area contributed by atoms with Crippen LogP contribution in [0.4, 0.5) is 0 Å². The third-order valence-corrected chi connectivity index (χ3v) is 20.9. The molecule has 0 fully saturated rings. The fourth-order valence-corrected chi connectivity index (χ4v) is 15.9. The highest BCUT2D eigenvalue weighted by atomic mass is 15.2. The second kappa shape index (κ2) is 24.7. The van der Waals surface area contributed by atoms with E-state index in [-0.39, 0.29) is 0 Å². The highest BCUT2D eigenvalue weighted by molar-refractivity contribution is 6.16. The number of aromatic nitrogens is 10. The Morgan fingerprint density at radius 3 is 0.811 bits per heavy atom. The van der Waals surface area contributed by atoms with E-state index in [2.05, 4.69) is 285 Å². The van der Waals surface area contributed by atoms with Crippen molar-refractivity contribution in [1.29, 1.82) is 0 Å². The van der Waals surface area contributed by atoms with Gasteiger partial charge >= 0.3 is 0 Å². The number of para-hydroxylation sites is 4. The molecular weight excluding hydrogens is 1290 g/mol. The van der Waals surface area contributed by atoms with Gasteiger partial charge in [0.05, 0.1) is 44.1 Å². The molecule has 21 rings (SSSR count). The summed E-state index contributed by atoms with van der Waals surface area (Å²) in [5.74, 6) is 3.61. The lowest BCUT2D eigenvalue weighted by atomic mass is 9.98. The molecular formula is C96H60N10. The Labute approximate surface area is 609 Å². The van der Waals surface area contributed by atoms with E-state index in [0.717, 1.165) is 144 Å². The average Bonchev–Trinajstić information content (AvgIpc) is 1.57. The monoisotopic (exact) mass is 1350 g/mol. The maximum Gasteiger partial charge on any atom is 0.238 e. The molecule has 0 spiro atoms. The Morgan fingerprint density at radius 2 is 0.406 bits per heavy atom. The quantitative estimate of drug-likeness (QED) is 0.121. The van der Waals surface area contributed by atoms with Gasteiger partial charge in [-0.05, 0) is 143 Å². The second-order valence-corrected chi connectivity index (χ2v) is 27.0. The number of fused-ring (bicyclic) bond motifs is 12. The first-order valence-corrected chi connectivity index (χ1v) is 35.7. The lowest BCUT2D eigenvalue weighted by molar-refractivity contribution is 0.953. The maximum atomic E-state index is 5.20. The molecule has 15 aromatic carbocycles. The first-order chi connectivity index (χ1) is 52.5. The summed E-state index contributed by atoms with van der Waals surface area (Å²) in [6.07, 6.45) is 0. The van der Waals surface area contributed by atoms with Crippen molar-refractivity contribution in [2.24, 2.45) is 0 Å².